The summed E-state index contributed by atoms with van der Waals surface area (Å²) >= 11 is 0. The third kappa shape index (κ3) is 1.54. The van der Waals surface area contributed by atoms with E-state index in [0.717, 1.165) is 10.9 Å². The Labute approximate surface area is 80.3 Å². The second-order valence-corrected chi connectivity index (χ2v) is 3.21. The molecule has 14 heavy (non-hydrogen) atoms. The van der Waals surface area contributed by atoms with E-state index in [1.54, 1.807) is 12.1 Å². The Hall–Kier alpha value is -1.97. The van der Waals surface area contributed by atoms with E-state index < -0.39 is 5.97 Å². The van der Waals surface area contributed by atoms with Crippen LogP contribution in [-0.2, 0) is 11.2 Å². The van der Waals surface area contributed by atoms with E-state index >= 15 is 0 Å². The minimum absolute atomic E-state index is 0.00852. The number of aromatic nitrogens is 1. The number of carboxylic acids is 1. The number of nitrogens with one attached hydrogen (secondary N) is 1. The van der Waals surface area contributed by atoms with Crippen molar-refractivity contribution < 1.29 is 9.90 Å². The summed E-state index contributed by atoms with van der Waals surface area (Å²) in [6.07, 6.45) is 0.00852. The fourth-order valence-electron chi connectivity index (χ4n) is 1.47. The minimum atomic E-state index is -0.843. The Bertz CT molecular complexity index is 488. The zero-order chi connectivity index (χ0) is 10.1. The van der Waals surface area contributed by atoms with Gasteiger partial charge < -0.3 is 15.8 Å². The number of aromatic amines is 1. The van der Waals surface area contributed by atoms with Gasteiger partial charge in [0.1, 0.15) is 0 Å². The van der Waals surface area contributed by atoms with Crippen LogP contribution < -0.4 is 5.73 Å². The van der Waals surface area contributed by atoms with Gasteiger partial charge in [0, 0.05) is 22.3 Å². The molecule has 0 saturated carbocycles. The van der Waals surface area contributed by atoms with Crippen LogP contribution in [0.5, 0.6) is 0 Å². The van der Waals surface area contributed by atoms with Crippen molar-refractivity contribution in [3.8, 4) is 0 Å². The molecule has 4 nitrogen and oxygen atoms in total. The molecule has 72 valence electrons. The fourth-order valence-corrected chi connectivity index (χ4v) is 1.47. The molecule has 0 fully saturated rings. The first-order chi connectivity index (χ1) is 6.65. The van der Waals surface area contributed by atoms with Gasteiger partial charge in [0.2, 0.25) is 0 Å². The molecule has 0 aliphatic rings. The molecule has 0 unspecified atom stereocenters. The molecule has 4 N–H and O–H groups in total. The predicted octanol–water partition coefficient (Wildman–Crippen LogP) is 1.38. The number of benzene rings is 1. The molecule has 0 radical (unpaired) electrons. The van der Waals surface area contributed by atoms with E-state index in [2.05, 4.69) is 4.98 Å². The summed E-state index contributed by atoms with van der Waals surface area (Å²) in [5, 5.41) is 9.55. The highest BCUT2D eigenvalue weighted by atomic mass is 16.4. The highest BCUT2D eigenvalue weighted by molar-refractivity contribution is 5.84. The van der Waals surface area contributed by atoms with Crippen molar-refractivity contribution in [2.75, 3.05) is 5.73 Å². The molecule has 0 saturated heterocycles. The van der Waals surface area contributed by atoms with Crippen LogP contribution in [0.2, 0.25) is 0 Å². The van der Waals surface area contributed by atoms with Gasteiger partial charge >= 0.3 is 5.97 Å². The molecule has 0 atom stereocenters. The molecule has 0 amide bonds. The van der Waals surface area contributed by atoms with Crippen molar-refractivity contribution in [2.45, 2.75) is 6.42 Å². The van der Waals surface area contributed by atoms with E-state index in [1.165, 1.54) is 0 Å². The van der Waals surface area contributed by atoms with Crippen LogP contribution in [0.25, 0.3) is 10.9 Å². The van der Waals surface area contributed by atoms with Crippen LogP contribution >= 0.6 is 0 Å². The standard InChI is InChI=1S/C10H10N2O2/c11-7-1-2-9-6(3-7)4-8(12-9)5-10(13)14/h1-4,12H,5,11H2,(H,13,14). The fraction of sp³-hybridized carbons (Fsp3) is 0.100. The number of carbonyl (C=O) groups is 1. The van der Waals surface area contributed by atoms with Crippen LogP contribution in [-0.4, -0.2) is 16.1 Å². The van der Waals surface area contributed by atoms with Gasteiger partial charge in [0.15, 0.2) is 0 Å². The van der Waals surface area contributed by atoms with Crippen LogP contribution in [0, 0.1) is 0 Å². The van der Waals surface area contributed by atoms with Gasteiger partial charge in [-0.15, -0.1) is 0 Å². The number of aliphatic carboxylic acids is 1. The number of hydrogen-bond acceptors (Lipinski definition) is 2. The van der Waals surface area contributed by atoms with Gasteiger partial charge in [-0.3, -0.25) is 4.79 Å². The number of hydrogen-bond donors (Lipinski definition) is 3. The third-order valence-corrected chi connectivity index (χ3v) is 2.04. The smallest absolute Gasteiger partial charge is 0.309 e. The molecular weight excluding hydrogens is 180 g/mol. The van der Waals surface area contributed by atoms with Crippen molar-refractivity contribution in [2.24, 2.45) is 0 Å². The third-order valence-electron chi connectivity index (χ3n) is 2.04. The van der Waals surface area contributed by atoms with E-state index in [-0.39, 0.29) is 6.42 Å². The molecule has 0 bridgehead atoms. The highest BCUT2D eigenvalue weighted by Crippen LogP contribution is 2.18. The van der Waals surface area contributed by atoms with Crippen molar-refractivity contribution in [1.82, 2.24) is 4.98 Å². The van der Waals surface area contributed by atoms with Crippen molar-refractivity contribution in [3.05, 3.63) is 30.0 Å². The average molecular weight is 190 g/mol. The topological polar surface area (TPSA) is 79.1 Å². The maximum absolute atomic E-state index is 10.5. The summed E-state index contributed by atoms with van der Waals surface area (Å²) < 4.78 is 0. The SMILES string of the molecule is Nc1ccc2[nH]c(CC(=O)O)cc2c1. The molecule has 2 rings (SSSR count). The molecular formula is C10H10N2O2. The summed E-state index contributed by atoms with van der Waals surface area (Å²) in [6.45, 7) is 0. The maximum atomic E-state index is 10.5. The van der Waals surface area contributed by atoms with Gasteiger partial charge in [-0.2, -0.15) is 0 Å². The Balaban J connectivity index is 2.46. The number of anilines is 1. The van der Waals surface area contributed by atoms with Gasteiger partial charge in [-0.25, -0.2) is 0 Å². The molecule has 1 aromatic heterocycles. The number of nitrogens with two attached hydrogens (primary N) is 1. The van der Waals surface area contributed by atoms with Gasteiger partial charge in [0.05, 0.1) is 6.42 Å². The predicted molar refractivity (Wildman–Crippen MR) is 54.1 cm³/mol. The zero-order valence-electron chi connectivity index (χ0n) is 7.45. The van der Waals surface area contributed by atoms with Gasteiger partial charge in [-0.05, 0) is 24.3 Å². The number of carboxylic acid groups (broad SMARTS) is 1. The highest BCUT2D eigenvalue weighted by Gasteiger charge is 2.04. The lowest BCUT2D eigenvalue weighted by Gasteiger charge is -1.91. The lowest BCUT2D eigenvalue weighted by atomic mass is 10.2. The molecule has 4 heteroatoms. The second-order valence-electron chi connectivity index (χ2n) is 3.21. The zero-order valence-corrected chi connectivity index (χ0v) is 7.45. The first-order valence-corrected chi connectivity index (χ1v) is 4.24. The normalized spacial score (nSPS) is 10.6. The molecule has 1 heterocycles. The monoisotopic (exact) mass is 190 g/mol. The maximum Gasteiger partial charge on any atom is 0.309 e. The van der Waals surface area contributed by atoms with E-state index in [4.69, 9.17) is 10.8 Å². The van der Waals surface area contributed by atoms with E-state index in [9.17, 15) is 4.79 Å². The summed E-state index contributed by atoms with van der Waals surface area (Å²) in [5.41, 5.74) is 7.89. The lowest BCUT2D eigenvalue weighted by molar-refractivity contribution is -0.136. The summed E-state index contributed by atoms with van der Waals surface area (Å²) in [5.74, 6) is -0.843. The molecule has 0 spiro atoms. The largest absolute Gasteiger partial charge is 0.481 e. The van der Waals surface area contributed by atoms with Crippen LogP contribution in [0.4, 0.5) is 5.69 Å². The summed E-state index contributed by atoms with van der Waals surface area (Å²) in [6, 6.07) is 7.25. The molecule has 1 aromatic carbocycles. The summed E-state index contributed by atoms with van der Waals surface area (Å²) in [4.78, 5) is 13.5. The van der Waals surface area contributed by atoms with Crippen molar-refractivity contribution >= 4 is 22.6 Å². The number of H-pyrrole nitrogens is 1. The van der Waals surface area contributed by atoms with Gasteiger partial charge in [0.25, 0.3) is 0 Å². The second kappa shape index (κ2) is 3.06. The van der Waals surface area contributed by atoms with Crippen molar-refractivity contribution in [1.29, 1.82) is 0 Å². The van der Waals surface area contributed by atoms with Crippen LogP contribution in [0.15, 0.2) is 24.3 Å². The van der Waals surface area contributed by atoms with Crippen LogP contribution in [0.3, 0.4) is 0 Å². The number of fused-ring (bicyclic) bond motifs is 1. The van der Waals surface area contributed by atoms with Gasteiger partial charge in [-0.1, -0.05) is 0 Å². The average Bonchev–Trinajstić information content (AvgIpc) is 2.44. The molecule has 2 aromatic rings. The Morgan fingerprint density at radius 3 is 2.93 bits per heavy atom. The first-order valence-electron chi connectivity index (χ1n) is 4.24. The number of rotatable bonds is 2. The minimum Gasteiger partial charge on any atom is -0.481 e. The summed E-state index contributed by atoms with van der Waals surface area (Å²) in [7, 11) is 0. The first kappa shape index (κ1) is 8.62. The molecule has 0 aliphatic carbocycles. The lowest BCUT2D eigenvalue weighted by Crippen LogP contribution is -1.99. The Morgan fingerprint density at radius 2 is 2.21 bits per heavy atom. The quantitative estimate of drug-likeness (QED) is 0.626. The van der Waals surface area contributed by atoms with E-state index in [1.807, 2.05) is 12.1 Å². The number of nitrogen functional groups attached to an aromatic ring is 1. The van der Waals surface area contributed by atoms with Crippen LogP contribution in [0.1, 0.15) is 5.69 Å². The Kier molecular flexibility index (Phi) is 1.89. The molecule has 0 aliphatic heterocycles. The van der Waals surface area contributed by atoms with Crippen molar-refractivity contribution in [3.63, 3.8) is 0 Å². The Morgan fingerprint density at radius 1 is 1.43 bits per heavy atom. The van der Waals surface area contributed by atoms with E-state index in [0.29, 0.717) is 11.4 Å².